The highest BCUT2D eigenvalue weighted by molar-refractivity contribution is 8.46. The predicted molar refractivity (Wildman–Crippen MR) is 664 cm³/mol. The SMILES string of the molecule is CCCCCCCCOc1ccc(OCCCCCCCC)c2c1-c1nc-2nc2[nH]c(nc3nc(nc4[nH]c(n1)c1c(CCCCCCCC)c5c(c(CCCCCCCC)c41)SC(=C1SC(SC)=C(SC)S1)S5)c1c(CCCCCCCC)c4sc(=C5SC(SC)=C(SC)S5)sc4c(CCCCCCCC)c31)c1c(CCCCCCCC)c3c(c(CCCCCCCC)c21)SC(=C1SC(SC)=C(SC)S1)S3. The first-order chi connectivity index (χ1) is 69.9. The molecule has 15 rings (SSSR count). The summed E-state index contributed by atoms with van der Waals surface area (Å²) in [5.74, 6) is 2.75. The first kappa shape index (κ1) is 114. The molecule has 0 amide bonds. The van der Waals surface area contributed by atoms with E-state index >= 15 is 0 Å². The predicted octanol–water partition coefficient (Wildman–Crippen LogP) is 43.1. The molecule has 5 aromatic heterocycles. The van der Waals surface area contributed by atoms with E-state index in [0.717, 1.165) is 185 Å². The van der Waals surface area contributed by atoms with E-state index in [2.05, 4.69) is 185 Å². The van der Waals surface area contributed by atoms with Crippen LogP contribution in [0, 0.1) is 0 Å². The van der Waals surface area contributed by atoms with Crippen LogP contribution in [-0.4, -0.2) is 90.6 Å². The number of rotatable bonds is 64. The third-order valence-corrected chi connectivity index (χ3v) is 53.5. The lowest BCUT2D eigenvalue weighted by molar-refractivity contribution is 0.298. The summed E-state index contributed by atoms with van der Waals surface area (Å²) in [5.41, 5.74) is 14.9. The fourth-order valence-corrected chi connectivity index (χ4v) is 45.1. The molecule has 0 saturated heterocycles. The summed E-state index contributed by atoms with van der Waals surface area (Å²) in [5, 5.41) is 7.14. The molecule has 0 spiro atoms. The van der Waals surface area contributed by atoms with Gasteiger partial charge in [-0.3, -0.25) is 0 Å². The minimum absolute atomic E-state index is 0.575. The van der Waals surface area contributed by atoms with Crippen molar-refractivity contribution in [1.82, 2.24) is 39.9 Å². The summed E-state index contributed by atoms with van der Waals surface area (Å²) in [6, 6.07) is 4.41. The van der Waals surface area contributed by atoms with E-state index in [9.17, 15) is 0 Å². The van der Waals surface area contributed by atoms with Crippen LogP contribution >= 0.6 is 211 Å². The molecule has 2 N–H and O–H groups in total. The van der Waals surface area contributed by atoms with Crippen LogP contribution in [0.3, 0.4) is 0 Å². The maximum atomic E-state index is 7.47. The average Bonchev–Trinajstić information content (AvgIpc) is 1.55. The first-order valence-corrected chi connectivity index (χ1v) is 71.8. The minimum Gasteiger partial charge on any atom is -0.493 e. The van der Waals surface area contributed by atoms with Gasteiger partial charge in [-0.25, -0.2) is 29.9 Å². The van der Waals surface area contributed by atoms with E-state index in [4.69, 9.17) is 39.4 Å². The van der Waals surface area contributed by atoms with Gasteiger partial charge in [-0.2, -0.15) is 0 Å². The largest absolute Gasteiger partial charge is 0.493 e. The van der Waals surface area contributed by atoms with Crippen molar-refractivity contribution >= 4 is 291 Å². The van der Waals surface area contributed by atoms with Gasteiger partial charge in [-0.05, 0) is 173 Å². The number of hydrogen-bond acceptors (Lipinski definition) is 26. The summed E-state index contributed by atoms with van der Waals surface area (Å²) in [6.45, 7) is 19.9. The fourth-order valence-electron chi connectivity index (χ4n) is 20.6. The first-order valence-electron chi connectivity index (χ1n) is 54.7. The van der Waals surface area contributed by atoms with Gasteiger partial charge in [0.05, 0.1) is 80.3 Å². The van der Waals surface area contributed by atoms with Gasteiger partial charge in [-0.1, -0.05) is 430 Å². The zero-order valence-electron chi connectivity index (χ0n) is 87.6. The molecular formula is C114H158N8O2S18. The Morgan fingerprint density at radius 2 is 0.472 bits per heavy atom. The number of aromatic nitrogens is 8. The lowest BCUT2D eigenvalue weighted by Crippen LogP contribution is -2.02. The number of aromatic amines is 2. The molecule has 10 nitrogen and oxygen atoms in total. The molecule has 6 aliphatic heterocycles. The van der Waals surface area contributed by atoms with Crippen LogP contribution in [0.5, 0.6) is 11.5 Å². The second kappa shape index (κ2) is 60.3. The molecule has 9 aromatic rings. The van der Waals surface area contributed by atoms with Crippen LogP contribution in [0.25, 0.3) is 103 Å². The normalized spacial score (nSPS) is 14.7. The smallest absolute Gasteiger partial charge is 0.168 e. The van der Waals surface area contributed by atoms with E-state index in [1.165, 1.54) is 363 Å². The van der Waals surface area contributed by atoms with E-state index in [0.29, 0.717) is 24.9 Å². The molecular weight excluding hydrogens is 2090 g/mol. The zero-order chi connectivity index (χ0) is 99.1. The molecule has 774 valence electrons. The van der Waals surface area contributed by atoms with Crippen LogP contribution in [0.4, 0.5) is 0 Å². The quantitative estimate of drug-likeness (QED) is 0.0351. The number of unbranched alkanes of at least 4 members (excludes halogenated alkanes) is 40. The van der Waals surface area contributed by atoms with E-state index in [1.54, 1.807) is 0 Å². The summed E-state index contributed by atoms with van der Waals surface area (Å²) < 4.78 is 34.7. The molecule has 0 aliphatic carbocycles. The van der Waals surface area contributed by atoms with Crippen LogP contribution in [0.1, 0.15) is 397 Å². The molecule has 11 heterocycles. The molecule has 8 bridgehead atoms. The number of nitrogens with zero attached hydrogens (tertiary/aromatic N) is 6. The van der Waals surface area contributed by atoms with Gasteiger partial charge in [0.1, 0.15) is 37.9 Å². The Labute approximate surface area is 928 Å². The van der Waals surface area contributed by atoms with Crippen molar-refractivity contribution in [2.45, 2.75) is 422 Å². The van der Waals surface area contributed by atoms with Gasteiger partial charge >= 0.3 is 0 Å². The number of nitrogens with one attached hydrogen (secondary N) is 2. The topological polar surface area (TPSA) is 127 Å². The zero-order valence-corrected chi connectivity index (χ0v) is 102. The van der Waals surface area contributed by atoms with Gasteiger partial charge in [-0.15, -0.1) is 93.2 Å². The number of ether oxygens (including phenoxy) is 2. The Morgan fingerprint density at radius 3 is 0.739 bits per heavy atom. The number of thioether (sulfide) groups is 16. The van der Waals surface area contributed by atoms with Crippen molar-refractivity contribution in [2.24, 2.45) is 0 Å². The van der Waals surface area contributed by atoms with Gasteiger partial charge in [0, 0.05) is 51.9 Å². The Hall–Kier alpha value is -1.68. The van der Waals surface area contributed by atoms with Crippen molar-refractivity contribution in [1.29, 1.82) is 0 Å². The summed E-state index contributed by atoms with van der Waals surface area (Å²) in [7, 11) is 0. The molecule has 6 aliphatic rings. The van der Waals surface area contributed by atoms with E-state index < -0.39 is 0 Å². The number of hydrogen-bond donors (Lipinski definition) is 2. The van der Waals surface area contributed by atoms with Crippen molar-refractivity contribution in [3.8, 4) is 34.3 Å². The summed E-state index contributed by atoms with van der Waals surface area (Å²) >= 11 is 35.8. The third-order valence-electron chi connectivity index (χ3n) is 28.1. The van der Waals surface area contributed by atoms with Gasteiger partial charge < -0.3 is 19.4 Å². The van der Waals surface area contributed by atoms with Gasteiger partial charge in [0.25, 0.3) is 0 Å². The highest BCUT2D eigenvalue weighted by atomic mass is 32.3. The Kier molecular flexibility index (Phi) is 48.5. The highest BCUT2D eigenvalue weighted by Gasteiger charge is 2.39. The maximum Gasteiger partial charge on any atom is 0.168 e. The summed E-state index contributed by atoms with van der Waals surface area (Å²) in [6.07, 6.45) is 76.2. The molecule has 0 radical (unpaired) electrons. The van der Waals surface area contributed by atoms with Crippen LogP contribution in [0.15, 0.2) is 74.1 Å². The van der Waals surface area contributed by atoms with Crippen molar-refractivity contribution in [3.05, 3.63) is 91.7 Å². The monoisotopic (exact) mass is 2250 g/mol. The lowest BCUT2D eigenvalue weighted by Gasteiger charge is -2.16. The second-order valence-electron chi connectivity index (χ2n) is 38.8. The Balaban J connectivity index is 1.16. The van der Waals surface area contributed by atoms with Crippen molar-refractivity contribution < 1.29 is 9.47 Å². The van der Waals surface area contributed by atoms with Gasteiger partial charge in [0.2, 0.25) is 0 Å². The van der Waals surface area contributed by atoms with Crippen LogP contribution in [0.2, 0.25) is 0 Å². The molecule has 28 heteroatoms. The summed E-state index contributed by atoms with van der Waals surface area (Å²) in [4.78, 5) is 53.2. The lowest BCUT2D eigenvalue weighted by atomic mass is 9.94. The average molecular weight is 2250 g/mol. The van der Waals surface area contributed by atoms with E-state index in [1.807, 2.05) is 141 Å². The minimum atomic E-state index is 0.575. The molecule has 4 aromatic carbocycles. The molecule has 0 fully saturated rings. The standard InChI is InChI=1S/C114H158N8O2S18/c1-15-23-31-39-47-55-63-73-81-82(74(64-56-48-40-32-24-16-2)90-89(73)131-109(132-90)112-137-103(125-9)104(126-10)138-112)96-115-95(81)116-97-83-75(65-57-49-41-33-25-17-3)91-93(135-110(133-91)113-139-105(127-11)106(128-12)140-113)77(67-59-51-43-35-27-19-5)85(83)99(118-97)120-101-87-79(123-71-61-53-45-37-29-21-7)69-70-80(124-72-62-54-46-38-30-22-8)88(87)102(122-101)121-100-86-78(68-60-52-44-36-28-20-6)94-92(134-111(136-94)114-141-107(129-13)108(130-14)142-114)76(84(86)98(117-96)119-100)66-58-50-42-34-26-18-4/h69-70H,15-68,71-72H2,1-14H3,(H2,115,116,117,118,119,120,121,122). The fraction of sp³-hybridized carbons (Fsp3) is 0.614. The van der Waals surface area contributed by atoms with Crippen molar-refractivity contribution in [3.63, 3.8) is 0 Å². The number of fused-ring (bicyclic) bond motifs is 23. The van der Waals surface area contributed by atoms with Crippen LogP contribution < -0.4 is 13.3 Å². The number of H-pyrrole nitrogens is 2. The maximum absolute atomic E-state index is 7.47. The van der Waals surface area contributed by atoms with Crippen molar-refractivity contribution in [2.75, 3.05) is 50.7 Å². The van der Waals surface area contributed by atoms with Crippen LogP contribution in [-0.2, 0) is 38.5 Å². The number of benzene rings is 4. The van der Waals surface area contributed by atoms with E-state index in [-0.39, 0.29) is 0 Å². The van der Waals surface area contributed by atoms with Gasteiger partial charge in [0.15, 0.2) is 22.9 Å². The second-order valence-corrected chi connectivity index (χ2v) is 59.0. The number of aryl methyl sites for hydroxylation is 6. The third kappa shape index (κ3) is 28.7. The molecule has 0 unspecified atom stereocenters. The Bertz CT molecular complexity index is 5760. The Morgan fingerprint density at radius 1 is 0.239 bits per heavy atom. The molecule has 142 heavy (non-hydrogen) atoms. The molecule has 0 atom stereocenters. The molecule has 0 saturated carbocycles. The highest BCUT2D eigenvalue weighted by Crippen LogP contribution is 2.69.